The molecule has 5 heteroatoms. The van der Waals surface area contributed by atoms with Gasteiger partial charge in [0.15, 0.2) is 18.2 Å². The maximum Gasteiger partial charge on any atom is 0.277 e. The van der Waals surface area contributed by atoms with Crippen LogP contribution in [0.4, 0.5) is 4.39 Å². The molecule has 1 aromatic rings. The quantitative estimate of drug-likeness (QED) is 0.624. The van der Waals surface area contributed by atoms with E-state index in [2.05, 4.69) is 10.5 Å². The number of amides is 1. The second-order valence-corrected chi connectivity index (χ2v) is 3.85. The molecule has 1 rings (SSSR count). The summed E-state index contributed by atoms with van der Waals surface area (Å²) in [5.41, 5.74) is 3.20. The Morgan fingerprint density at radius 1 is 1.44 bits per heavy atom. The summed E-state index contributed by atoms with van der Waals surface area (Å²) in [5.74, 6) is -0.841. The van der Waals surface area contributed by atoms with Gasteiger partial charge in [-0.2, -0.15) is 5.10 Å². The Morgan fingerprint density at radius 2 is 2.17 bits per heavy atom. The Kier molecular flexibility index (Phi) is 5.84. The van der Waals surface area contributed by atoms with Crippen LogP contribution in [-0.4, -0.2) is 18.2 Å². The number of ether oxygens (including phenoxy) is 1. The zero-order valence-electron chi connectivity index (χ0n) is 10.6. The van der Waals surface area contributed by atoms with Gasteiger partial charge in [-0.1, -0.05) is 25.5 Å². The van der Waals surface area contributed by atoms with Crippen LogP contribution in [-0.2, 0) is 4.79 Å². The Balaban J connectivity index is 2.38. The molecule has 1 amide bonds. The number of nitrogens with zero attached hydrogens (tertiary/aromatic N) is 1. The molecule has 0 fully saturated rings. The van der Waals surface area contributed by atoms with Crippen LogP contribution in [0.25, 0.3) is 0 Å². The maximum atomic E-state index is 13.2. The van der Waals surface area contributed by atoms with E-state index < -0.39 is 11.7 Å². The van der Waals surface area contributed by atoms with E-state index in [0.29, 0.717) is 0 Å². The normalized spacial score (nSPS) is 11.2. The first-order valence-electron chi connectivity index (χ1n) is 5.82. The molecule has 0 radical (unpaired) electrons. The van der Waals surface area contributed by atoms with Gasteiger partial charge < -0.3 is 4.74 Å². The van der Waals surface area contributed by atoms with Crippen molar-refractivity contribution >= 4 is 11.6 Å². The lowest BCUT2D eigenvalue weighted by molar-refractivity contribution is -0.123. The molecule has 18 heavy (non-hydrogen) atoms. The number of carbonyl (C=O) groups is 1. The number of hydrogen-bond acceptors (Lipinski definition) is 3. The molecule has 0 aromatic heterocycles. The van der Waals surface area contributed by atoms with E-state index >= 15 is 0 Å². The van der Waals surface area contributed by atoms with E-state index in [4.69, 9.17) is 4.74 Å². The van der Waals surface area contributed by atoms with Crippen molar-refractivity contribution in [3.63, 3.8) is 0 Å². The Morgan fingerprint density at radius 3 is 2.83 bits per heavy atom. The third-order valence-corrected chi connectivity index (χ3v) is 2.18. The molecule has 0 aliphatic rings. The van der Waals surface area contributed by atoms with Crippen LogP contribution in [0.1, 0.15) is 26.7 Å². The monoisotopic (exact) mass is 252 g/mol. The second-order valence-electron chi connectivity index (χ2n) is 3.85. The molecule has 1 N–H and O–H groups in total. The van der Waals surface area contributed by atoms with Crippen molar-refractivity contribution in [1.29, 1.82) is 0 Å². The predicted octanol–water partition coefficient (Wildman–Crippen LogP) is 2.50. The van der Waals surface area contributed by atoms with E-state index in [-0.39, 0.29) is 12.4 Å². The van der Waals surface area contributed by atoms with Crippen molar-refractivity contribution in [2.45, 2.75) is 26.7 Å². The van der Waals surface area contributed by atoms with E-state index in [1.165, 1.54) is 12.1 Å². The van der Waals surface area contributed by atoms with Crippen molar-refractivity contribution < 1.29 is 13.9 Å². The van der Waals surface area contributed by atoms with Gasteiger partial charge in [-0.15, -0.1) is 0 Å². The summed E-state index contributed by atoms with van der Waals surface area (Å²) in [6, 6.07) is 5.94. The van der Waals surface area contributed by atoms with E-state index in [1.54, 1.807) is 12.1 Å². The maximum absolute atomic E-state index is 13.2. The molecular formula is C13H17FN2O2. The summed E-state index contributed by atoms with van der Waals surface area (Å²) < 4.78 is 18.2. The zero-order chi connectivity index (χ0) is 13.4. The van der Waals surface area contributed by atoms with Crippen LogP contribution in [0, 0.1) is 5.82 Å². The summed E-state index contributed by atoms with van der Waals surface area (Å²) in [6.07, 6.45) is 1.80. The van der Waals surface area contributed by atoms with Crippen molar-refractivity contribution in [2.75, 3.05) is 6.61 Å². The summed E-state index contributed by atoms with van der Waals surface area (Å²) in [6.45, 7) is 3.60. The van der Waals surface area contributed by atoms with Gasteiger partial charge in [-0.25, -0.2) is 9.82 Å². The number of carbonyl (C=O) groups excluding carboxylic acids is 1. The minimum atomic E-state index is -0.490. The highest BCUT2D eigenvalue weighted by atomic mass is 19.1. The van der Waals surface area contributed by atoms with Crippen molar-refractivity contribution in [1.82, 2.24) is 5.43 Å². The summed E-state index contributed by atoms with van der Waals surface area (Å²) in [7, 11) is 0. The lowest BCUT2D eigenvalue weighted by atomic mass is 10.2. The highest BCUT2D eigenvalue weighted by Gasteiger charge is 2.05. The van der Waals surface area contributed by atoms with Gasteiger partial charge in [0.1, 0.15) is 0 Å². The predicted molar refractivity (Wildman–Crippen MR) is 68.1 cm³/mol. The molecular weight excluding hydrogens is 235 g/mol. The zero-order valence-corrected chi connectivity index (χ0v) is 10.6. The molecule has 0 atom stereocenters. The Bertz CT molecular complexity index is 433. The van der Waals surface area contributed by atoms with E-state index in [9.17, 15) is 9.18 Å². The Labute approximate surface area is 106 Å². The third kappa shape index (κ3) is 4.95. The fourth-order valence-corrected chi connectivity index (χ4v) is 1.31. The van der Waals surface area contributed by atoms with Crippen LogP contribution in [0.15, 0.2) is 29.4 Å². The van der Waals surface area contributed by atoms with Crippen LogP contribution >= 0.6 is 0 Å². The number of para-hydroxylation sites is 1. The van der Waals surface area contributed by atoms with Gasteiger partial charge in [0, 0.05) is 5.71 Å². The van der Waals surface area contributed by atoms with Gasteiger partial charge in [-0.05, 0) is 25.5 Å². The van der Waals surface area contributed by atoms with Gasteiger partial charge in [0.2, 0.25) is 0 Å². The minimum absolute atomic E-state index is 0.0573. The molecule has 98 valence electrons. The molecule has 0 heterocycles. The fourth-order valence-electron chi connectivity index (χ4n) is 1.31. The number of halogens is 1. The minimum Gasteiger partial charge on any atom is -0.481 e. The first kappa shape index (κ1) is 14.2. The van der Waals surface area contributed by atoms with E-state index in [0.717, 1.165) is 18.6 Å². The fraction of sp³-hybridized carbons (Fsp3) is 0.385. The summed E-state index contributed by atoms with van der Waals surface area (Å²) in [4.78, 5) is 11.4. The van der Waals surface area contributed by atoms with Gasteiger partial charge in [0.05, 0.1) is 0 Å². The average Bonchev–Trinajstić information content (AvgIpc) is 2.36. The first-order chi connectivity index (χ1) is 8.63. The van der Waals surface area contributed by atoms with Gasteiger partial charge in [0.25, 0.3) is 5.91 Å². The Hall–Kier alpha value is -1.91. The smallest absolute Gasteiger partial charge is 0.277 e. The molecule has 0 spiro atoms. The number of hydrogen-bond donors (Lipinski definition) is 1. The lowest BCUT2D eigenvalue weighted by Gasteiger charge is -2.06. The largest absolute Gasteiger partial charge is 0.481 e. The molecule has 0 unspecified atom stereocenters. The summed E-state index contributed by atoms with van der Waals surface area (Å²) in [5, 5.41) is 3.89. The van der Waals surface area contributed by atoms with E-state index in [1.807, 2.05) is 13.8 Å². The molecule has 0 saturated heterocycles. The number of nitrogens with one attached hydrogen (secondary N) is 1. The highest BCUT2D eigenvalue weighted by molar-refractivity contribution is 5.84. The van der Waals surface area contributed by atoms with Gasteiger partial charge >= 0.3 is 0 Å². The van der Waals surface area contributed by atoms with Crippen LogP contribution in [0.2, 0.25) is 0 Å². The standard InChI is InChI=1S/C13H17FN2O2/c1-3-6-10(2)15-16-13(17)9-18-12-8-5-4-7-11(12)14/h4-5,7-8H,3,6,9H2,1-2H3,(H,16,17)/b15-10-. The molecule has 1 aromatic carbocycles. The van der Waals surface area contributed by atoms with Crippen LogP contribution < -0.4 is 10.2 Å². The summed E-state index contributed by atoms with van der Waals surface area (Å²) >= 11 is 0. The van der Waals surface area contributed by atoms with Crippen LogP contribution in [0.5, 0.6) is 5.75 Å². The SMILES string of the molecule is CCC/C(C)=N\NC(=O)COc1ccccc1F. The van der Waals surface area contributed by atoms with Crippen LogP contribution in [0.3, 0.4) is 0 Å². The number of benzene rings is 1. The molecule has 4 nitrogen and oxygen atoms in total. The molecule has 0 bridgehead atoms. The lowest BCUT2D eigenvalue weighted by Crippen LogP contribution is -2.25. The molecule has 0 saturated carbocycles. The first-order valence-corrected chi connectivity index (χ1v) is 5.82. The third-order valence-electron chi connectivity index (χ3n) is 2.18. The molecule has 0 aliphatic heterocycles. The number of hydrazone groups is 1. The van der Waals surface area contributed by atoms with Crippen molar-refractivity contribution in [3.8, 4) is 5.75 Å². The average molecular weight is 252 g/mol. The van der Waals surface area contributed by atoms with Crippen molar-refractivity contribution in [2.24, 2.45) is 5.10 Å². The second kappa shape index (κ2) is 7.42. The van der Waals surface area contributed by atoms with Crippen molar-refractivity contribution in [3.05, 3.63) is 30.1 Å². The van der Waals surface area contributed by atoms with Gasteiger partial charge in [-0.3, -0.25) is 4.79 Å². The highest BCUT2D eigenvalue weighted by Crippen LogP contribution is 2.14. The molecule has 0 aliphatic carbocycles. The topological polar surface area (TPSA) is 50.7 Å². The number of rotatable bonds is 6.